The van der Waals surface area contributed by atoms with Crippen LogP contribution in [0.1, 0.15) is 26.5 Å². The third kappa shape index (κ3) is 3.10. The first-order valence-electron chi connectivity index (χ1n) is 5.47. The number of hydrogen-bond acceptors (Lipinski definition) is 3. The van der Waals surface area contributed by atoms with E-state index in [0.29, 0.717) is 20.3 Å². The van der Waals surface area contributed by atoms with E-state index in [1.165, 1.54) is 12.3 Å². The van der Waals surface area contributed by atoms with Crippen molar-refractivity contribution >= 4 is 49.4 Å². The van der Waals surface area contributed by atoms with E-state index in [-0.39, 0.29) is 11.3 Å². The Morgan fingerprint density at radius 1 is 1.25 bits per heavy atom. The first kappa shape index (κ1) is 14.8. The molecule has 2 rings (SSSR count). The van der Waals surface area contributed by atoms with E-state index < -0.39 is 11.9 Å². The second kappa shape index (κ2) is 5.80. The number of furan rings is 1. The number of carboxylic acid groups (broad SMARTS) is 1. The van der Waals surface area contributed by atoms with Crippen molar-refractivity contribution in [2.75, 3.05) is 5.32 Å². The van der Waals surface area contributed by atoms with Gasteiger partial charge in [0.1, 0.15) is 12.0 Å². The maximum absolute atomic E-state index is 12.0. The molecule has 0 saturated carbocycles. The Morgan fingerprint density at radius 3 is 2.50 bits per heavy atom. The Morgan fingerprint density at radius 2 is 1.95 bits per heavy atom. The maximum Gasteiger partial charge on any atom is 0.337 e. The van der Waals surface area contributed by atoms with E-state index in [4.69, 9.17) is 4.42 Å². The van der Waals surface area contributed by atoms with Crippen LogP contribution >= 0.6 is 31.9 Å². The number of aryl methyl sites for hydroxylation is 1. The number of benzene rings is 1. The van der Waals surface area contributed by atoms with Crippen LogP contribution in [0, 0.1) is 6.92 Å². The molecule has 1 amide bonds. The largest absolute Gasteiger partial charge is 0.478 e. The first-order chi connectivity index (χ1) is 9.38. The lowest BCUT2D eigenvalue weighted by Crippen LogP contribution is -2.14. The van der Waals surface area contributed by atoms with Gasteiger partial charge in [0.05, 0.1) is 16.8 Å². The van der Waals surface area contributed by atoms with E-state index in [1.807, 2.05) is 0 Å². The van der Waals surface area contributed by atoms with Crippen LogP contribution < -0.4 is 5.32 Å². The zero-order chi connectivity index (χ0) is 14.9. The minimum atomic E-state index is -1.13. The molecule has 1 heterocycles. The van der Waals surface area contributed by atoms with Gasteiger partial charge in [-0.1, -0.05) is 15.9 Å². The van der Waals surface area contributed by atoms with Crippen molar-refractivity contribution < 1.29 is 19.1 Å². The molecule has 0 aliphatic heterocycles. The summed E-state index contributed by atoms with van der Waals surface area (Å²) in [5.41, 5.74) is 0.512. The molecule has 0 spiro atoms. The highest BCUT2D eigenvalue weighted by Crippen LogP contribution is 2.31. The fraction of sp³-hybridized carbons (Fsp3) is 0.0769. The molecule has 0 aliphatic carbocycles. The predicted molar refractivity (Wildman–Crippen MR) is 80.2 cm³/mol. The van der Waals surface area contributed by atoms with Crippen molar-refractivity contribution in [3.05, 3.63) is 50.3 Å². The third-order valence-electron chi connectivity index (χ3n) is 2.52. The highest BCUT2D eigenvalue weighted by atomic mass is 79.9. The monoisotopic (exact) mass is 401 g/mol. The second-order valence-corrected chi connectivity index (χ2v) is 5.79. The quantitative estimate of drug-likeness (QED) is 0.811. The summed E-state index contributed by atoms with van der Waals surface area (Å²) in [5, 5.41) is 11.8. The van der Waals surface area contributed by atoms with Gasteiger partial charge in [0.25, 0.3) is 5.91 Å². The number of amides is 1. The van der Waals surface area contributed by atoms with Gasteiger partial charge < -0.3 is 14.8 Å². The van der Waals surface area contributed by atoms with E-state index in [2.05, 4.69) is 37.2 Å². The molecule has 1 aromatic carbocycles. The highest BCUT2D eigenvalue weighted by Gasteiger charge is 2.18. The smallest absolute Gasteiger partial charge is 0.337 e. The molecule has 0 aliphatic rings. The average Bonchev–Trinajstić information content (AvgIpc) is 2.78. The molecule has 0 atom stereocenters. The Balaban J connectivity index is 2.38. The van der Waals surface area contributed by atoms with Crippen molar-refractivity contribution in [1.82, 2.24) is 0 Å². The standard InChI is InChI=1S/C13H9Br2NO4/c1-6-2-7(5-20-6)12(17)16-11-9(13(18)19)3-8(14)4-10(11)15/h2-5H,1H3,(H,16,17)(H,18,19). The summed E-state index contributed by atoms with van der Waals surface area (Å²) in [6, 6.07) is 4.65. The number of halogens is 2. The highest BCUT2D eigenvalue weighted by molar-refractivity contribution is 9.11. The van der Waals surface area contributed by atoms with Gasteiger partial charge in [0.2, 0.25) is 0 Å². The number of carbonyl (C=O) groups excluding carboxylic acids is 1. The van der Waals surface area contributed by atoms with Crippen LogP contribution in [0.4, 0.5) is 5.69 Å². The first-order valence-corrected chi connectivity index (χ1v) is 7.06. The second-order valence-electron chi connectivity index (χ2n) is 4.02. The molecule has 1 aromatic heterocycles. The van der Waals surface area contributed by atoms with E-state index in [9.17, 15) is 14.7 Å². The summed E-state index contributed by atoms with van der Waals surface area (Å²) in [4.78, 5) is 23.3. The van der Waals surface area contributed by atoms with Gasteiger partial charge in [-0.15, -0.1) is 0 Å². The lowest BCUT2D eigenvalue weighted by Gasteiger charge is -2.10. The fourth-order valence-corrected chi connectivity index (χ4v) is 2.94. The Bertz CT molecular complexity index is 694. The van der Waals surface area contributed by atoms with Gasteiger partial charge in [-0.2, -0.15) is 0 Å². The topological polar surface area (TPSA) is 79.5 Å². The zero-order valence-electron chi connectivity index (χ0n) is 10.2. The van der Waals surface area contributed by atoms with Gasteiger partial charge >= 0.3 is 5.97 Å². The van der Waals surface area contributed by atoms with Gasteiger partial charge in [-0.05, 0) is 41.1 Å². The van der Waals surface area contributed by atoms with Gasteiger partial charge in [0, 0.05) is 8.95 Å². The van der Waals surface area contributed by atoms with Crippen LogP contribution in [0.15, 0.2) is 37.8 Å². The van der Waals surface area contributed by atoms with Gasteiger partial charge in [0.15, 0.2) is 0 Å². The molecule has 0 radical (unpaired) electrons. The maximum atomic E-state index is 12.0. The summed E-state index contributed by atoms with van der Waals surface area (Å²) in [5.74, 6) is -0.971. The van der Waals surface area contributed by atoms with Crippen molar-refractivity contribution in [3.8, 4) is 0 Å². The normalized spacial score (nSPS) is 10.3. The van der Waals surface area contributed by atoms with Gasteiger partial charge in [-0.25, -0.2) is 4.79 Å². The molecule has 0 saturated heterocycles. The van der Waals surface area contributed by atoms with Crippen LogP contribution in [0.2, 0.25) is 0 Å². The van der Waals surface area contributed by atoms with Crippen molar-refractivity contribution in [2.24, 2.45) is 0 Å². The number of rotatable bonds is 3. The molecule has 104 valence electrons. The third-order valence-corrected chi connectivity index (χ3v) is 3.60. The van der Waals surface area contributed by atoms with Crippen molar-refractivity contribution in [3.63, 3.8) is 0 Å². The number of nitrogens with one attached hydrogen (secondary N) is 1. The number of carbonyl (C=O) groups is 2. The zero-order valence-corrected chi connectivity index (χ0v) is 13.4. The van der Waals surface area contributed by atoms with Crippen molar-refractivity contribution in [2.45, 2.75) is 6.92 Å². The number of aromatic carboxylic acids is 1. The SMILES string of the molecule is Cc1cc(C(=O)Nc2c(Br)cc(Br)cc2C(=O)O)co1. The lowest BCUT2D eigenvalue weighted by atomic mass is 10.1. The summed E-state index contributed by atoms with van der Waals surface area (Å²) >= 11 is 6.45. The molecule has 0 unspecified atom stereocenters. The number of hydrogen-bond donors (Lipinski definition) is 2. The van der Waals surface area contributed by atoms with E-state index in [0.717, 1.165) is 0 Å². The van der Waals surface area contributed by atoms with Crippen LogP contribution in [0.5, 0.6) is 0 Å². The predicted octanol–water partition coefficient (Wildman–Crippen LogP) is 4.06. The van der Waals surface area contributed by atoms with E-state index in [1.54, 1.807) is 19.1 Å². The minimum Gasteiger partial charge on any atom is -0.478 e. The van der Waals surface area contributed by atoms with E-state index >= 15 is 0 Å². The summed E-state index contributed by atoms with van der Waals surface area (Å²) in [7, 11) is 0. The fourth-order valence-electron chi connectivity index (χ4n) is 1.62. The average molecular weight is 403 g/mol. The Hall–Kier alpha value is -1.60. The Labute approximate surface area is 131 Å². The summed E-state index contributed by atoms with van der Waals surface area (Å²) in [6.07, 6.45) is 1.32. The molecule has 2 aromatic rings. The number of anilines is 1. The van der Waals surface area contributed by atoms with Crippen molar-refractivity contribution in [1.29, 1.82) is 0 Å². The summed E-state index contributed by atoms with van der Waals surface area (Å²) in [6.45, 7) is 1.72. The van der Waals surface area contributed by atoms with Crippen LogP contribution in [0.25, 0.3) is 0 Å². The van der Waals surface area contributed by atoms with Crippen LogP contribution in [-0.2, 0) is 0 Å². The summed E-state index contributed by atoms with van der Waals surface area (Å²) < 4.78 is 6.12. The molecule has 2 N–H and O–H groups in total. The molecule has 5 nitrogen and oxygen atoms in total. The minimum absolute atomic E-state index is 0.0141. The molecule has 7 heteroatoms. The molecule has 0 bridgehead atoms. The molecular formula is C13H9Br2NO4. The number of carboxylic acids is 1. The van der Waals surface area contributed by atoms with Gasteiger partial charge in [-0.3, -0.25) is 4.79 Å². The lowest BCUT2D eigenvalue weighted by molar-refractivity contribution is 0.0698. The van der Waals surface area contributed by atoms with Crippen LogP contribution in [0.3, 0.4) is 0 Å². The Kier molecular flexibility index (Phi) is 4.29. The van der Waals surface area contributed by atoms with Crippen LogP contribution in [-0.4, -0.2) is 17.0 Å². The molecule has 0 fully saturated rings. The molecular weight excluding hydrogens is 394 g/mol. The molecule has 20 heavy (non-hydrogen) atoms.